The summed E-state index contributed by atoms with van der Waals surface area (Å²) in [4.78, 5) is 13.9. The van der Waals surface area contributed by atoms with Crippen LogP contribution in [0.25, 0.3) is 0 Å². The Kier molecular flexibility index (Phi) is 5.53. The van der Waals surface area contributed by atoms with E-state index in [1.54, 1.807) is 11.3 Å². The van der Waals surface area contributed by atoms with Crippen molar-refractivity contribution in [3.8, 4) is 0 Å². The summed E-state index contributed by atoms with van der Waals surface area (Å²) in [6.07, 6.45) is 5.65. The molecule has 0 aromatic carbocycles. The van der Waals surface area contributed by atoms with E-state index in [0.29, 0.717) is 6.04 Å². The van der Waals surface area contributed by atoms with Gasteiger partial charge in [0.05, 0.1) is 16.9 Å². The van der Waals surface area contributed by atoms with Gasteiger partial charge in [-0.25, -0.2) is 4.98 Å². The largest absolute Gasteiger partial charge is 0.298 e. The second kappa shape index (κ2) is 7.81. The fourth-order valence-corrected chi connectivity index (χ4v) is 3.71. The molecule has 0 saturated carbocycles. The molecule has 1 aliphatic heterocycles. The Labute approximate surface area is 136 Å². The maximum absolute atomic E-state index is 4.44. The molecular weight excluding hydrogens is 292 g/mol. The zero-order chi connectivity index (χ0) is 15.2. The molecule has 1 unspecified atom stereocenters. The van der Waals surface area contributed by atoms with Crippen LogP contribution in [0.4, 0.5) is 0 Å². The van der Waals surface area contributed by atoms with Crippen LogP contribution < -0.4 is 0 Å². The Hall–Kier alpha value is -1.30. The molecule has 0 aliphatic carbocycles. The second-order valence-corrected chi connectivity index (χ2v) is 6.80. The first-order valence-electron chi connectivity index (χ1n) is 8.01. The van der Waals surface area contributed by atoms with Crippen LogP contribution >= 0.6 is 11.3 Å². The Morgan fingerprint density at radius 1 is 1.23 bits per heavy atom. The summed E-state index contributed by atoms with van der Waals surface area (Å²) < 4.78 is 0. The fourth-order valence-electron chi connectivity index (χ4n) is 3.16. The van der Waals surface area contributed by atoms with Crippen molar-refractivity contribution >= 4 is 11.3 Å². The molecule has 3 rings (SSSR count). The van der Waals surface area contributed by atoms with E-state index < -0.39 is 0 Å². The Morgan fingerprint density at radius 3 is 2.95 bits per heavy atom. The van der Waals surface area contributed by atoms with E-state index in [-0.39, 0.29) is 0 Å². The predicted molar refractivity (Wildman–Crippen MR) is 90.7 cm³/mol. The quantitative estimate of drug-likeness (QED) is 0.849. The van der Waals surface area contributed by atoms with Crippen LogP contribution in [0.1, 0.15) is 30.7 Å². The molecule has 0 bridgehead atoms. The molecule has 1 aliphatic rings. The number of pyridine rings is 1. The number of rotatable bonds is 5. The van der Waals surface area contributed by atoms with Crippen molar-refractivity contribution in [2.45, 2.75) is 38.4 Å². The van der Waals surface area contributed by atoms with Gasteiger partial charge in [-0.3, -0.25) is 14.8 Å². The van der Waals surface area contributed by atoms with E-state index in [1.165, 1.54) is 31.5 Å². The van der Waals surface area contributed by atoms with Gasteiger partial charge in [-0.2, -0.15) is 0 Å². The number of hydrogen-bond acceptors (Lipinski definition) is 5. The molecule has 3 heterocycles. The molecular formula is C17H24N4S. The third-order valence-corrected chi connectivity index (χ3v) is 5.06. The molecule has 0 spiro atoms. The van der Waals surface area contributed by atoms with Crippen molar-refractivity contribution < 1.29 is 0 Å². The molecule has 22 heavy (non-hydrogen) atoms. The highest BCUT2D eigenvalue weighted by Crippen LogP contribution is 2.19. The number of hydrogen-bond donors (Lipinski definition) is 0. The van der Waals surface area contributed by atoms with Crippen LogP contribution in [0.5, 0.6) is 0 Å². The van der Waals surface area contributed by atoms with Crippen molar-refractivity contribution in [1.82, 2.24) is 19.8 Å². The monoisotopic (exact) mass is 316 g/mol. The average molecular weight is 316 g/mol. The molecule has 0 radical (unpaired) electrons. The van der Waals surface area contributed by atoms with Crippen LogP contribution in [0.2, 0.25) is 0 Å². The molecule has 0 amide bonds. The molecule has 1 atom stereocenters. The minimum Gasteiger partial charge on any atom is -0.298 e. The van der Waals surface area contributed by atoms with Gasteiger partial charge in [-0.05, 0) is 45.0 Å². The summed E-state index contributed by atoms with van der Waals surface area (Å²) in [6.45, 7) is 4.29. The van der Waals surface area contributed by atoms with Gasteiger partial charge in [0.25, 0.3) is 0 Å². The maximum atomic E-state index is 4.44. The lowest BCUT2D eigenvalue weighted by Crippen LogP contribution is -2.32. The predicted octanol–water partition coefficient (Wildman–Crippen LogP) is 3.02. The Bertz CT molecular complexity index is 543. The van der Waals surface area contributed by atoms with Crippen molar-refractivity contribution in [3.63, 3.8) is 0 Å². The van der Waals surface area contributed by atoms with E-state index >= 15 is 0 Å². The molecule has 5 heteroatoms. The first kappa shape index (κ1) is 15.6. The van der Waals surface area contributed by atoms with Gasteiger partial charge in [-0.15, -0.1) is 11.3 Å². The Balaban J connectivity index is 1.51. The van der Waals surface area contributed by atoms with Gasteiger partial charge in [0.1, 0.15) is 0 Å². The van der Waals surface area contributed by atoms with Gasteiger partial charge in [-0.1, -0.05) is 6.07 Å². The first-order valence-corrected chi connectivity index (χ1v) is 8.95. The van der Waals surface area contributed by atoms with Crippen LogP contribution in [-0.2, 0) is 13.1 Å². The van der Waals surface area contributed by atoms with Gasteiger partial charge < -0.3 is 0 Å². The third-order valence-electron chi connectivity index (χ3n) is 4.42. The lowest BCUT2D eigenvalue weighted by atomic mass is 10.1. The van der Waals surface area contributed by atoms with Gasteiger partial charge in [0, 0.05) is 37.3 Å². The summed E-state index contributed by atoms with van der Waals surface area (Å²) >= 11 is 1.69. The number of thiazole rings is 1. The lowest BCUT2D eigenvalue weighted by Gasteiger charge is -2.27. The minimum atomic E-state index is 0.655. The first-order chi connectivity index (χ1) is 10.8. The smallest absolute Gasteiger partial charge is 0.0795 e. The summed E-state index contributed by atoms with van der Waals surface area (Å²) in [7, 11) is 2.23. The molecule has 0 N–H and O–H groups in total. The van der Waals surface area contributed by atoms with Crippen molar-refractivity contribution in [1.29, 1.82) is 0 Å². The van der Waals surface area contributed by atoms with E-state index in [2.05, 4.69) is 44.3 Å². The SMILES string of the molecule is CN(Cc1ccccn1)C1CCCN(Cc2cscn2)CC1. The molecule has 1 fully saturated rings. The van der Waals surface area contributed by atoms with E-state index in [4.69, 9.17) is 0 Å². The second-order valence-electron chi connectivity index (χ2n) is 6.08. The number of aromatic nitrogens is 2. The van der Waals surface area contributed by atoms with Gasteiger partial charge in [0.15, 0.2) is 0 Å². The average Bonchev–Trinajstić information content (AvgIpc) is 2.92. The van der Waals surface area contributed by atoms with Gasteiger partial charge in [0.2, 0.25) is 0 Å². The third kappa shape index (κ3) is 4.35. The normalized spacial score (nSPS) is 20.2. The standard InChI is InChI=1S/C17H24N4S/c1-20(11-15-5-2-3-8-18-15)17-6-4-9-21(10-7-17)12-16-13-22-14-19-16/h2-3,5,8,13-14,17H,4,6-7,9-12H2,1H3. The van der Waals surface area contributed by atoms with Crippen LogP contribution in [0.3, 0.4) is 0 Å². The maximum Gasteiger partial charge on any atom is 0.0795 e. The minimum absolute atomic E-state index is 0.655. The molecule has 2 aromatic heterocycles. The van der Waals surface area contributed by atoms with Crippen LogP contribution in [0.15, 0.2) is 35.3 Å². The lowest BCUT2D eigenvalue weighted by molar-refractivity contribution is 0.204. The van der Waals surface area contributed by atoms with Crippen molar-refractivity contribution in [3.05, 3.63) is 46.7 Å². The van der Waals surface area contributed by atoms with Crippen molar-refractivity contribution in [2.75, 3.05) is 20.1 Å². The van der Waals surface area contributed by atoms with Crippen LogP contribution in [-0.4, -0.2) is 45.9 Å². The topological polar surface area (TPSA) is 32.3 Å². The summed E-state index contributed by atoms with van der Waals surface area (Å²) in [5.74, 6) is 0. The summed E-state index contributed by atoms with van der Waals surface area (Å²) in [5.41, 5.74) is 4.30. The van der Waals surface area contributed by atoms with Crippen LogP contribution in [0, 0.1) is 0 Å². The van der Waals surface area contributed by atoms with E-state index in [9.17, 15) is 0 Å². The molecule has 118 valence electrons. The van der Waals surface area contributed by atoms with Gasteiger partial charge >= 0.3 is 0 Å². The highest BCUT2D eigenvalue weighted by atomic mass is 32.1. The Morgan fingerprint density at radius 2 is 2.18 bits per heavy atom. The van der Waals surface area contributed by atoms with E-state index in [0.717, 1.165) is 25.3 Å². The molecule has 1 saturated heterocycles. The zero-order valence-corrected chi connectivity index (χ0v) is 14.0. The fraction of sp³-hybridized carbons (Fsp3) is 0.529. The van der Waals surface area contributed by atoms with E-state index in [1.807, 2.05) is 17.8 Å². The highest BCUT2D eigenvalue weighted by Gasteiger charge is 2.21. The van der Waals surface area contributed by atoms with Crippen molar-refractivity contribution in [2.24, 2.45) is 0 Å². The zero-order valence-electron chi connectivity index (χ0n) is 13.2. The number of likely N-dealkylation sites (tertiary alicyclic amines) is 1. The number of nitrogens with zero attached hydrogens (tertiary/aromatic N) is 4. The highest BCUT2D eigenvalue weighted by molar-refractivity contribution is 7.07. The summed E-state index contributed by atoms with van der Waals surface area (Å²) in [5, 5.41) is 2.16. The molecule has 2 aromatic rings. The molecule has 4 nitrogen and oxygen atoms in total. The summed E-state index contributed by atoms with van der Waals surface area (Å²) in [6, 6.07) is 6.81.